The minimum Gasteiger partial charge on any atom is -0.390 e. The van der Waals surface area contributed by atoms with Crippen molar-refractivity contribution in [1.82, 2.24) is 15.5 Å². The van der Waals surface area contributed by atoms with E-state index in [2.05, 4.69) is 15.5 Å². The summed E-state index contributed by atoms with van der Waals surface area (Å²) in [6.45, 7) is 0. The van der Waals surface area contributed by atoms with Crippen LogP contribution in [0.15, 0.2) is 47.1 Å². The summed E-state index contributed by atoms with van der Waals surface area (Å²) in [4.78, 5) is 16.5. The maximum atomic E-state index is 12.4. The molecule has 22 heavy (non-hydrogen) atoms. The first kappa shape index (κ1) is 13.0. The fraction of sp³-hybridized carbons (Fsp3) is 0.188. The van der Waals surface area contributed by atoms with Crippen LogP contribution in [0.1, 0.15) is 27.7 Å². The minimum absolute atomic E-state index is 0.111. The molecule has 0 saturated heterocycles. The Morgan fingerprint density at radius 3 is 3.05 bits per heavy atom. The Bertz CT molecular complexity index is 858. The second-order valence-electron chi connectivity index (χ2n) is 5.31. The number of aromatic nitrogens is 2. The van der Waals surface area contributed by atoms with E-state index in [4.69, 9.17) is 4.52 Å². The predicted octanol–water partition coefficient (Wildman–Crippen LogP) is 1.61. The van der Waals surface area contributed by atoms with E-state index < -0.39 is 18.1 Å². The molecule has 2 heterocycles. The van der Waals surface area contributed by atoms with Crippen molar-refractivity contribution in [2.75, 3.05) is 0 Å². The first-order chi connectivity index (χ1) is 10.7. The third-order valence-electron chi connectivity index (χ3n) is 3.95. The summed E-state index contributed by atoms with van der Waals surface area (Å²) >= 11 is 0. The van der Waals surface area contributed by atoms with E-state index in [1.807, 2.05) is 24.3 Å². The highest BCUT2D eigenvalue weighted by molar-refractivity contribution is 6.02. The normalized spacial score (nSPS) is 20.0. The van der Waals surface area contributed by atoms with Crippen molar-refractivity contribution in [3.63, 3.8) is 0 Å². The summed E-state index contributed by atoms with van der Waals surface area (Å²) in [6, 6.07) is 10.7. The summed E-state index contributed by atoms with van der Waals surface area (Å²) < 4.78 is 5.10. The van der Waals surface area contributed by atoms with E-state index in [-0.39, 0.29) is 5.76 Å². The Kier molecular flexibility index (Phi) is 2.90. The van der Waals surface area contributed by atoms with Gasteiger partial charge in [0.25, 0.3) is 5.91 Å². The second kappa shape index (κ2) is 4.92. The van der Waals surface area contributed by atoms with Crippen molar-refractivity contribution in [3.05, 3.63) is 59.5 Å². The van der Waals surface area contributed by atoms with Gasteiger partial charge in [0.05, 0.1) is 17.5 Å². The van der Waals surface area contributed by atoms with Gasteiger partial charge in [0.15, 0.2) is 0 Å². The molecule has 110 valence electrons. The average molecular weight is 295 g/mol. The number of pyridine rings is 1. The van der Waals surface area contributed by atoms with E-state index in [1.165, 1.54) is 0 Å². The minimum atomic E-state index is -0.645. The number of hydrogen-bond donors (Lipinski definition) is 2. The van der Waals surface area contributed by atoms with Crippen LogP contribution in [0.25, 0.3) is 11.0 Å². The number of nitrogens with one attached hydrogen (secondary N) is 1. The van der Waals surface area contributed by atoms with Crippen molar-refractivity contribution in [2.45, 2.75) is 18.6 Å². The van der Waals surface area contributed by atoms with Crippen molar-refractivity contribution in [1.29, 1.82) is 0 Å². The number of hydrogen-bond acceptors (Lipinski definition) is 5. The molecule has 1 amide bonds. The van der Waals surface area contributed by atoms with Gasteiger partial charge in [-0.05, 0) is 23.3 Å². The number of carbonyl (C=O) groups excluding carboxylic acids is 1. The van der Waals surface area contributed by atoms with Crippen LogP contribution >= 0.6 is 0 Å². The molecule has 3 aromatic rings. The molecule has 0 saturated carbocycles. The van der Waals surface area contributed by atoms with Gasteiger partial charge >= 0.3 is 0 Å². The van der Waals surface area contributed by atoms with E-state index in [0.29, 0.717) is 17.5 Å². The molecule has 1 aliphatic rings. The number of aliphatic hydroxyl groups excluding tert-OH is 1. The number of aliphatic hydroxyl groups is 1. The Hall–Kier alpha value is -2.73. The number of rotatable bonds is 2. The van der Waals surface area contributed by atoms with Gasteiger partial charge in [-0.25, -0.2) is 4.98 Å². The number of fused-ring (bicyclic) bond motifs is 2. The molecule has 0 spiro atoms. The van der Waals surface area contributed by atoms with Gasteiger partial charge < -0.3 is 14.9 Å². The number of amides is 1. The van der Waals surface area contributed by atoms with E-state index in [0.717, 1.165) is 11.1 Å². The van der Waals surface area contributed by atoms with Crippen LogP contribution < -0.4 is 5.32 Å². The molecule has 0 unspecified atom stereocenters. The molecule has 1 aromatic carbocycles. The van der Waals surface area contributed by atoms with Crippen molar-refractivity contribution in [3.8, 4) is 0 Å². The molecule has 0 radical (unpaired) electrons. The zero-order valence-corrected chi connectivity index (χ0v) is 11.6. The fourth-order valence-corrected chi connectivity index (χ4v) is 2.90. The highest BCUT2D eigenvalue weighted by Crippen LogP contribution is 2.31. The monoisotopic (exact) mass is 295 g/mol. The largest absolute Gasteiger partial charge is 0.390 e. The maximum absolute atomic E-state index is 12.4. The average Bonchev–Trinajstić information content (AvgIpc) is 3.09. The van der Waals surface area contributed by atoms with Crippen molar-refractivity contribution >= 4 is 16.9 Å². The highest BCUT2D eigenvalue weighted by atomic mass is 16.5. The molecule has 2 atom stereocenters. The van der Waals surface area contributed by atoms with Crippen LogP contribution in [0.2, 0.25) is 0 Å². The molecule has 0 bridgehead atoms. The molecule has 0 aliphatic heterocycles. The standard InChI is InChI=1S/C16H13N3O3/c20-12-8-9-4-1-2-5-10(9)13(12)18-16(21)14-11-6-3-7-17-15(11)19-22-14/h1-7,12-13,20H,8H2,(H,18,21)/t12-,13+/m0/s1. The SMILES string of the molecule is O=C(N[C@@H]1c2ccccc2C[C@@H]1O)c1onc2ncccc12. The molecule has 4 rings (SSSR count). The summed E-state index contributed by atoms with van der Waals surface area (Å²) in [5.74, 6) is -0.295. The van der Waals surface area contributed by atoms with Crippen molar-refractivity contribution in [2.24, 2.45) is 0 Å². The smallest absolute Gasteiger partial charge is 0.291 e. The van der Waals surface area contributed by atoms with Gasteiger partial charge in [0.1, 0.15) is 0 Å². The van der Waals surface area contributed by atoms with E-state index in [1.54, 1.807) is 18.3 Å². The number of nitrogens with zero attached hydrogens (tertiary/aromatic N) is 2. The van der Waals surface area contributed by atoms with Gasteiger partial charge in [0.2, 0.25) is 11.4 Å². The van der Waals surface area contributed by atoms with Gasteiger partial charge in [0, 0.05) is 12.6 Å². The lowest BCUT2D eigenvalue weighted by Crippen LogP contribution is -2.33. The third-order valence-corrected chi connectivity index (χ3v) is 3.95. The molecule has 0 fully saturated rings. The van der Waals surface area contributed by atoms with Crippen molar-refractivity contribution < 1.29 is 14.4 Å². The summed E-state index contributed by atoms with van der Waals surface area (Å²) in [6.07, 6.45) is 1.47. The quantitative estimate of drug-likeness (QED) is 0.750. The predicted molar refractivity (Wildman–Crippen MR) is 78.2 cm³/mol. The first-order valence-corrected chi connectivity index (χ1v) is 7.01. The van der Waals surface area contributed by atoms with Crippen LogP contribution in [-0.4, -0.2) is 27.3 Å². The Morgan fingerprint density at radius 1 is 1.27 bits per heavy atom. The summed E-state index contributed by atoms with van der Waals surface area (Å²) in [5, 5.41) is 17.4. The molecule has 6 heteroatoms. The Labute approximate surface area is 125 Å². The van der Waals surface area contributed by atoms with Gasteiger partial charge in [-0.1, -0.05) is 29.4 Å². The van der Waals surface area contributed by atoms with E-state index >= 15 is 0 Å². The zero-order valence-electron chi connectivity index (χ0n) is 11.6. The van der Waals surface area contributed by atoms with Gasteiger partial charge in [-0.2, -0.15) is 0 Å². The summed E-state index contributed by atoms with van der Waals surface area (Å²) in [7, 11) is 0. The molecule has 2 N–H and O–H groups in total. The third kappa shape index (κ3) is 1.96. The van der Waals surface area contributed by atoms with Crippen LogP contribution in [0, 0.1) is 0 Å². The summed E-state index contributed by atoms with van der Waals surface area (Å²) in [5.41, 5.74) is 2.37. The van der Waals surface area contributed by atoms with E-state index in [9.17, 15) is 9.90 Å². The lowest BCUT2D eigenvalue weighted by atomic mass is 10.1. The van der Waals surface area contributed by atoms with Gasteiger partial charge in [-0.15, -0.1) is 0 Å². The number of carbonyl (C=O) groups is 1. The van der Waals surface area contributed by atoms with Crippen LogP contribution in [0.5, 0.6) is 0 Å². The fourth-order valence-electron chi connectivity index (χ4n) is 2.90. The number of benzene rings is 1. The van der Waals surface area contributed by atoms with Crippen LogP contribution in [0.3, 0.4) is 0 Å². The highest BCUT2D eigenvalue weighted by Gasteiger charge is 2.33. The van der Waals surface area contributed by atoms with Crippen LogP contribution in [0.4, 0.5) is 0 Å². The lowest BCUT2D eigenvalue weighted by molar-refractivity contribution is 0.0825. The molecular formula is C16H13N3O3. The maximum Gasteiger partial charge on any atom is 0.291 e. The Morgan fingerprint density at radius 2 is 2.14 bits per heavy atom. The molecule has 6 nitrogen and oxygen atoms in total. The molecule has 1 aliphatic carbocycles. The van der Waals surface area contributed by atoms with Gasteiger partial charge in [-0.3, -0.25) is 4.79 Å². The van der Waals surface area contributed by atoms with Crippen LogP contribution in [-0.2, 0) is 6.42 Å². The second-order valence-corrected chi connectivity index (χ2v) is 5.31. The Balaban J connectivity index is 1.65. The lowest BCUT2D eigenvalue weighted by Gasteiger charge is -2.16. The topological polar surface area (TPSA) is 88.2 Å². The zero-order chi connectivity index (χ0) is 15.1. The molecule has 2 aromatic heterocycles. The first-order valence-electron chi connectivity index (χ1n) is 7.01. The molecular weight excluding hydrogens is 282 g/mol.